The average molecular weight is 371 g/mol. The summed E-state index contributed by atoms with van der Waals surface area (Å²) in [4.78, 5) is 23.3. The summed E-state index contributed by atoms with van der Waals surface area (Å²) in [5.74, 6) is -1.71. The van der Waals surface area contributed by atoms with Crippen molar-refractivity contribution in [2.45, 2.75) is 6.18 Å². The Kier molecular flexibility index (Phi) is 5.94. The van der Waals surface area contributed by atoms with Crippen molar-refractivity contribution in [2.75, 3.05) is 13.7 Å². The van der Waals surface area contributed by atoms with Crippen molar-refractivity contribution in [1.82, 2.24) is 9.97 Å². The van der Waals surface area contributed by atoms with E-state index in [4.69, 9.17) is 4.74 Å². The molecule has 138 valence electrons. The summed E-state index contributed by atoms with van der Waals surface area (Å²) < 4.78 is 46.5. The summed E-state index contributed by atoms with van der Waals surface area (Å²) in [6.45, 7) is -1.52. The monoisotopic (exact) mass is 371 g/mol. The minimum Gasteiger partial charge on any atom is -0.476 e. The normalized spacial score (nSPS) is 11.8. The topological polar surface area (TPSA) is 103 Å². The Morgan fingerprint density at radius 1 is 1.27 bits per heavy atom. The molecule has 2 aromatic rings. The molecule has 1 aromatic carbocycles. The lowest BCUT2D eigenvalue weighted by Gasteiger charge is -2.11. The second-order valence-corrected chi connectivity index (χ2v) is 4.61. The second kappa shape index (κ2) is 8.14. The summed E-state index contributed by atoms with van der Waals surface area (Å²) in [5.41, 5.74) is -0.375. The maximum atomic E-state index is 12.2. The number of ether oxygens (including phenoxy) is 2. The number of oxime groups is 1. The molecule has 0 unspecified atom stereocenters. The molecule has 2 rings (SSSR count). The van der Waals surface area contributed by atoms with Crippen molar-refractivity contribution in [3.63, 3.8) is 0 Å². The Morgan fingerprint density at radius 2 is 2.00 bits per heavy atom. The molecule has 0 amide bonds. The third-order valence-corrected chi connectivity index (χ3v) is 2.72. The van der Waals surface area contributed by atoms with Gasteiger partial charge in [-0.2, -0.15) is 18.2 Å². The van der Waals surface area contributed by atoms with Gasteiger partial charge < -0.3 is 19.4 Å². The number of aliphatic carboxylic acids is 1. The molecular weight excluding hydrogens is 359 g/mol. The van der Waals surface area contributed by atoms with Crippen LogP contribution in [0.25, 0.3) is 0 Å². The number of alkyl halides is 3. The van der Waals surface area contributed by atoms with Gasteiger partial charge in [-0.05, 0) is 12.1 Å². The quantitative estimate of drug-likeness (QED) is 0.589. The third kappa shape index (κ3) is 5.33. The zero-order valence-corrected chi connectivity index (χ0v) is 13.2. The molecule has 1 heterocycles. The highest BCUT2D eigenvalue weighted by atomic mass is 19.4. The standard InChI is InChI=1S/C15H12F3N3O5/c1-24-21-12(13(22)23)9-4-2-3-5-10(9)26-14-19-7-6-11(20-14)25-8-15(16,17)18/h2-7H,8H2,1H3,(H,22,23). The Labute approximate surface area is 144 Å². The van der Waals surface area contributed by atoms with Crippen LogP contribution in [0.2, 0.25) is 0 Å². The zero-order valence-electron chi connectivity index (χ0n) is 13.2. The molecule has 0 aliphatic rings. The van der Waals surface area contributed by atoms with Crippen molar-refractivity contribution in [3.8, 4) is 17.6 Å². The van der Waals surface area contributed by atoms with Crippen molar-refractivity contribution in [1.29, 1.82) is 0 Å². The summed E-state index contributed by atoms with van der Waals surface area (Å²) in [6, 6.07) is 6.70. The smallest absolute Gasteiger partial charge is 0.422 e. The van der Waals surface area contributed by atoms with Gasteiger partial charge in [0.15, 0.2) is 12.3 Å². The number of carbonyl (C=O) groups is 1. The summed E-state index contributed by atoms with van der Waals surface area (Å²) in [5, 5.41) is 12.6. The number of rotatable bonds is 7. The highest BCUT2D eigenvalue weighted by Crippen LogP contribution is 2.25. The molecule has 11 heteroatoms. The van der Waals surface area contributed by atoms with E-state index in [0.29, 0.717) is 0 Å². The predicted molar refractivity (Wildman–Crippen MR) is 81.3 cm³/mol. The fraction of sp³-hybridized carbons (Fsp3) is 0.200. The molecule has 8 nitrogen and oxygen atoms in total. The zero-order chi connectivity index (χ0) is 19.2. The lowest BCUT2D eigenvalue weighted by molar-refractivity contribution is -0.154. The first-order valence-electron chi connectivity index (χ1n) is 6.94. The van der Waals surface area contributed by atoms with Crippen LogP contribution in [-0.4, -0.2) is 46.6 Å². The van der Waals surface area contributed by atoms with Crippen molar-refractivity contribution >= 4 is 11.7 Å². The average Bonchev–Trinajstić information content (AvgIpc) is 2.58. The van der Waals surface area contributed by atoms with Crippen LogP contribution in [0.15, 0.2) is 41.7 Å². The van der Waals surface area contributed by atoms with E-state index in [2.05, 4.69) is 24.7 Å². The molecule has 0 aliphatic heterocycles. The maximum absolute atomic E-state index is 12.2. The number of carboxylic acid groups (broad SMARTS) is 1. The van der Waals surface area contributed by atoms with Crippen LogP contribution in [0.1, 0.15) is 5.56 Å². The number of nitrogens with zero attached hydrogens (tertiary/aromatic N) is 3. The highest BCUT2D eigenvalue weighted by Gasteiger charge is 2.28. The maximum Gasteiger partial charge on any atom is 0.422 e. The number of hydrogen-bond donors (Lipinski definition) is 1. The molecule has 0 radical (unpaired) electrons. The summed E-state index contributed by atoms with van der Waals surface area (Å²) in [6.07, 6.45) is -3.39. The van der Waals surface area contributed by atoms with E-state index in [1.807, 2.05) is 0 Å². The van der Waals surface area contributed by atoms with Gasteiger partial charge in [-0.25, -0.2) is 9.78 Å². The number of aromatic nitrogens is 2. The van der Waals surface area contributed by atoms with Gasteiger partial charge in [0, 0.05) is 12.3 Å². The minimum atomic E-state index is -4.52. The van der Waals surface area contributed by atoms with E-state index in [1.54, 1.807) is 12.1 Å². The summed E-state index contributed by atoms with van der Waals surface area (Å²) in [7, 11) is 1.18. The number of para-hydroxylation sites is 1. The molecular formula is C15H12F3N3O5. The third-order valence-electron chi connectivity index (χ3n) is 2.72. The van der Waals surface area contributed by atoms with Crippen molar-refractivity contribution < 1.29 is 37.4 Å². The molecule has 26 heavy (non-hydrogen) atoms. The molecule has 1 N–H and O–H groups in total. The van der Waals surface area contributed by atoms with E-state index in [-0.39, 0.29) is 23.2 Å². The van der Waals surface area contributed by atoms with Crippen LogP contribution in [0, 0.1) is 0 Å². The molecule has 0 atom stereocenters. The number of hydrogen-bond acceptors (Lipinski definition) is 7. The predicted octanol–water partition coefficient (Wildman–Crippen LogP) is 2.65. The van der Waals surface area contributed by atoms with Gasteiger partial charge in [0.05, 0.1) is 5.56 Å². The molecule has 0 aliphatic carbocycles. The van der Waals surface area contributed by atoms with E-state index >= 15 is 0 Å². The van der Waals surface area contributed by atoms with Gasteiger partial charge in [-0.3, -0.25) is 0 Å². The Bertz CT molecular complexity index is 811. The Hall–Kier alpha value is -3.37. The van der Waals surface area contributed by atoms with Crippen LogP contribution >= 0.6 is 0 Å². The lowest BCUT2D eigenvalue weighted by atomic mass is 10.1. The second-order valence-electron chi connectivity index (χ2n) is 4.61. The van der Waals surface area contributed by atoms with Gasteiger partial charge in [0.1, 0.15) is 12.9 Å². The van der Waals surface area contributed by atoms with Crippen LogP contribution in [0.3, 0.4) is 0 Å². The van der Waals surface area contributed by atoms with Gasteiger partial charge in [-0.15, -0.1) is 0 Å². The van der Waals surface area contributed by atoms with Gasteiger partial charge in [-0.1, -0.05) is 17.3 Å². The molecule has 0 saturated heterocycles. The first-order valence-corrected chi connectivity index (χ1v) is 6.94. The van der Waals surface area contributed by atoms with Gasteiger partial charge >= 0.3 is 18.2 Å². The van der Waals surface area contributed by atoms with Gasteiger partial charge in [0.2, 0.25) is 5.88 Å². The van der Waals surface area contributed by atoms with Crippen LogP contribution < -0.4 is 9.47 Å². The SMILES string of the molecule is CON=C(C(=O)O)c1ccccc1Oc1nccc(OCC(F)(F)F)n1. The van der Waals surface area contributed by atoms with E-state index in [1.165, 1.54) is 19.2 Å². The highest BCUT2D eigenvalue weighted by molar-refractivity contribution is 6.43. The van der Waals surface area contributed by atoms with Crippen LogP contribution in [-0.2, 0) is 9.63 Å². The van der Waals surface area contributed by atoms with Crippen LogP contribution in [0.4, 0.5) is 13.2 Å². The van der Waals surface area contributed by atoms with E-state index in [0.717, 1.165) is 12.3 Å². The first kappa shape index (κ1) is 19.0. The lowest BCUT2D eigenvalue weighted by Crippen LogP contribution is -2.19. The largest absolute Gasteiger partial charge is 0.476 e. The first-order chi connectivity index (χ1) is 12.3. The van der Waals surface area contributed by atoms with Crippen molar-refractivity contribution in [3.05, 3.63) is 42.1 Å². The van der Waals surface area contributed by atoms with Crippen molar-refractivity contribution in [2.24, 2.45) is 5.16 Å². The Morgan fingerprint density at radius 3 is 2.65 bits per heavy atom. The van der Waals surface area contributed by atoms with E-state index < -0.39 is 24.5 Å². The van der Waals surface area contributed by atoms with E-state index in [9.17, 15) is 23.1 Å². The number of halogens is 3. The Balaban J connectivity index is 2.27. The molecule has 0 saturated carbocycles. The number of carboxylic acids is 1. The van der Waals surface area contributed by atoms with Gasteiger partial charge in [0.25, 0.3) is 0 Å². The van der Waals surface area contributed by atoms with Crippen LogP contribution in [0.5, 0.6) is 17.6 Å². The minimum absolute atomic E-state index is 0.0127. The molecule has 0 fully saturated rings. The molecule has 1 aromatic heterocycles. The molecule has 0 spiro atoms. The molecule has 0 bridgehead atoms. The number of benzene rings is 1. The fourth-order valence-corrected chi connectivity index (χ4v) is 1.75. The summed E-state index contributed by atoms with van der Waals surface area (Å²) >= 11 is 0. The fourth-order valence-electron chi connectivity index (χ4n) is 1.75.